The first kappa shape index (κ1) is 20.6. The molecule has 6 heteroatoms. The van der Waals surface area contributed by atoms with Crippen molar-refractivity contribution in [1.29, 1.82) is 0 Å². The maximum absolute atomic E-state index is 12.2. The maximum Gasteiger partial charge on any atom is 0.229 e. The molecule has 0 aliphatic carbocycles. The van der Waals surface area contributed by atoms with Crippen LogP contribution in [0.1, 0.15) is 26.3 Å². The van der Waals surface area contributed by atoms with Crippen molar-refractivity contribution >= 4 is 28.4 Å². The average Bonchev–Trinajstić information content (AvgIpc) is 3.19. The third-order valence-corrected chi connectivity index (χ3v) is 5.11. The molecule has 158 valence electrons. The van der Waals surface area contributed by atoms with E-state index in [4.69, 9.17) is 0 Å². The van der Waals surface area contributed by atoms with Gasteiger partial charge in [-0.15, -0.1) is 0 Å². The molecule has 1 amide bonds. The maximum atomic E-state index is 12.2. The van der Waals surface area contributed by atoms with Crippen LogP contribution in [0.5, 0.6) is 0 Å². The molecule has 0 radical (unpaired) electrons. The molecule has 0 aliphatic rings. The van der Waals surface area contributed by atoms with E-state index in [0.717, 1.165) is 46.8 Å². The summed E-state index contributed by atoms with van der Waals surface area (Å²) in [4.78, 5) is 24.3. The van der Waals surface area contributed by atoms with Gasteiger partial charge in [-0.2, -0.15) is 0 Å². The summed E-state index contributed by atoms with van der Waals surface area (Å²) >= 11 is 0. The van der Waals surface area contributed by atoms with Gasteiger partial charge in [-0.25, -0.2) is 9.97 Å². The molecule has 3 N–H and O–H groups in total. The van der Waals surface area contributed by atoms with Crippen molar-refractivity contribution in [3.05, 3.63) is 72.6 Å². The van der Waals surface area contributed by atoms with E-state index in [-0.39, 0.29) is 5.91 Å². The number of benzene rings is 2. The molecule has 0 spiro atoms. The minimum Gasteiger partial charge on any atom is -0.369 e. The number of nitrogens with one attached hydrogen (secondary N) is 3. The van der Waals surface area contributed by atoms with Crippen molar-refractivity contribution in [3.8, 4) is 11.3 Å². The van der Waals surface area contributed by atoms with E-state index in [9.17, 15) is 4.79 Å². The number of anilines is 2. The third-order valence-electron chi connectivity index (χ3n) is 5.11. The molecule has 31 heavy (non-hydrogen) atoms. The zero-order valence-corrected chi connectivity index (χ0v) is 18.1. The van der Waals surface area contributed by atoms with E-state index < -0.39 is 5.41 Å². The highest BCUT2D eigenvalue weighted by Crippen LogP contribution is 2.28. The summed E-state index contributed by atoms with van der Waals surface area (Å²) in [5, 5.41) is 7.33. The van der Waals surface area contributed by atoms with Gasteiger partial charge in [0.15, 0.2) is 0 Å². The van der Waals surface area contributed by atoms with Crippen LogP contribution < -0.4 is 10.6 Å². The predicted molar refractivity (Wildman–Crippen MR) is 126 cm³/mol. The lowest BCUT2D eigenvalue weighted by atomic mass is 9.95. The Bertz CT molecular complexity index is 1170. The Labute approximate surface area is 182 Å². The molecule has 0 saturated carbocycles. The number of hydrogen-bond acceptors (Lipinski definition) is 4. The number of amides is 1. The van der Waals surface area contributed by atoms with E-state index in [1.54, 1.807) is 6.33 Å². The second-order valence-corrected chi connectivity index (χ2v) is 8.61. The molecular formula is C25H27N5O. The van der Waals surface area contributed by atoms with E-state index >= 15 is 0 Å². The number of H-pyrrole nitrogens is 1. The average molecular weight is 414 g/mol. The van der Waals surface area contributed by atoms with E-state index in [2.05, 4.69) is 55.9 Å². The first-order chi connectivity index (χ1) is 14.9. The zero-order chi connectivity index (χ0) is 21.8. The van der Waals surface area contributed by atoms with Crippen LogP contribution in [-0.4, -0.2) is 27.4 Å². The minimum atomic E-state index is -0.432. The summed E-state index contributed by atoms with van der Waals surface area (Å²) in [7, 11) is 0. The highest BCUT2D eigenvalue weighted by Gasteiger charge is 2.21. The molecule has 2 aromatic heterocycles. The SMILES string of the molecule is CC(C)(C)C(=O)Nc1ccc(-c2cc3c(NCCc4ccccc4)ncnc3[nH]2)cc1. The van der Waals surface area contributed by atoms with Crippen LogP contribution in [0.25, 0.3) is 22.3 Å². The summed E-state index contributed by atoms with van der Waals surface area (Å²) in [6, 6.07) is 20.2. The Morgan fingerprint density at radius 1 is 1.00 bits per heavy atom. The standard InChI is InChI=1S/C25H27N5O/c1-25(2,3)24(31)29-19-11-9-18(10-12-19)21-15-20-22(27-16-28-23(20)30-21)26-14-13-17-7-5-4-6-8-17/h4-12,15-16H,13-14H2,1-3H3,(H,29,31)(H2,26,27,28,30). The second kappa shape index (κ2) is 8.60. The Balaban J connectivity index is 1.49. The van der Waals surface area contributed by atoms with Crippen molar-refractivity contribution in [2.75, 3.05) is 17.2 Å². The lowest BCUT2D eigenvalue weighted by molar-refractivity contribution is -0.123. The minimum absolute atomic E-state index is 0.00708. The smallest absolute Gasteiger partial charge is 0.229 e. The van der Waals surface area contributed by atoms with Gasteiger partial charge in [0.1, 0.15) is 17.8 Å². The lowest BCUT2D eigenvalue weighted by Crippen LogP contribution is -2.27. The summed E-state index contributed by atoms with van der Waals surface area (Å²) in [6.07, 6.45) is 2.49. The molecule has 4 aromatic rings. The van der Waals surface area contributed by atoms with E-state index in [0.29, 0.717) is 0 Å². The number of rotatable bonds is 6. The molecule has 0 unspecified atom stereocenters. The van der Waals surface area contributed by atoms with Crippen LogP contribution in [0.2, 0.25) is 0 Å². The van der Waals surface area contributed by atoms with Gasteiger partial charge in [0.05, 0.1) is 5.39 Å². The largest absolute Gasteiger partial charge is 0.369 e. The molecule has 2 aromatic carbocycles. The summed E-state index contributed by atoms with van der Waals surface area (Å²) in [5.74, 6) is 0.810. The molecule has 0 fully saturated rings. The van der Waals surface area contributed by atoms with Crippen molar-refractivity contribution in [2.45, 2.75) is 27.2 Å². The number of carbonyl (C=O) groups excluding carboxylic acids is 1. The zero-order valence-electron chi connectivity index (χ0n) is 18.1. The first-order valence-electron chi connectivity index (χ1n) is 10.4. The Kier molecular flexibility index (Phi) is 5.71. The van der Waals surface area contributed by atoms with Crippen molar-refractivity contribution in [1.82, 2.24) is 15.0 Å². The van der Waals surface area contributed by atoms with Gasteiger partial charge in [-0.05, 0) is 35.7 Å². The molecule has 0 atom stereocenters. The van der Waals surface area contributed by atoms with Crippen LogP contribution >= 0.6 is 0 Å². The quantitative estimate of drug-likeness (QED) is 0.402. The fourth-order valence-electron chi connectivity index (χ4n) is 3.26. The number of fused-ring (bicyclic) bond motifs is 1. The number of hydrogen-bond donors (Lipinski definition) is 3. The second-order valence-electron chi connectivity index (χ2n) is 8.61. The van der Waals surface area contributed by atoms with Crippen LogP contribution in [0, 0.1) is 5.41 Å². The monoisotopic (exact) mass is 413 g/mol. The van der Waals surface area contributed by atoms with Crippen LogP contribution in [0.4, 0.5) is 11.5 Å². The summed E-state index contributed by atoms with van der Waals surface area (Å²) in [6.45, 7) is 6.48. The van der Waals surface area contributed by atoms with Gasteiger partial charge in [-0.1, -0.05) is 63.2 Å². The van der Waals surface area contributed by atoms with Crippen molar-refractivity contribution < 1.29 is 4.79 Å². The number of carbonyl (C=O) groups is 1. The number of nitrogens with zero attached hydrogens (tertiary/aromatic N) is 2. The highest BCUT2D eigenvalue weighted by molar-refractivity contribution is 5.95. The van der Waals surface area contributed by atoms with E-state index in [1.807, 2.05) is 51.1 Å². The van der Waals surface area contributed by atoms with Crippen LogP contribution in [0.15, 0.2) is 67.0 Å². The number of aromatic nitrogens is 3. The molecule has 2 heterocycles. The topological polar surface area (TPSA) is 82.7 Å². The fourth-order valence-corrected chi connectivity index (χ4v) is 3.26. The molecule has 0 saturated heterocycles. The van der Waals surface area contributed by atoms with Crippen LogP contribution in [-0.2, 0) is 11.2 Å². The van der Waals surface area contributed by atoms with Crippen LogP contribution in [0.3, 0.4) is 0 Å². The highest BCUT2D eigenvalue weighted by atomic mass is 16.2. The Morgan fingerprint density at radius 2 is 1.74 bits per heavy atom. The Morgan fingerprint density at radius 3 is 2.45 bits per heavy atom. The van der Waals surface area contributed by atoms with Gasteiger partial charge in [-0.3, -0.25) is 4.79 Å². The third kappa shape index (κ3) is 4.91. The Hall–Kier alpha value is -3.67. The molecular weight excluding hydrogens is 386 g/mol. The molecule has 4 rings (SSSR count). The number of aromatic amines is 1. The first-order valence-corrected chi connectivity index (χ1v) is 10.4. The molecule has 6 nitrogen and oxygen atoms in total. The van der Waals surface area contributed by atoms with Gasteiger partial charge in [0.25, 0.3) is 0 Å². The predicted octanol–water partition coefficient (Wildman–Crippen LogP) is 5.26. The van der Waals surface area contributed by atoms with Gasteiger partial charge in [0, 0.05) is 23.3 Å². The fraction of sp³-hybridized carbons (Fsp3) is 0.240. The molecule has 0 aliphatic heterocycles. The molecule has 0 bridgehead atoms. The summed E-state index contributed by atoms with van der Waals surface area (Å²) in [5.41, 5.74) is 4.39. The van der Waals surface area contributed by atoms with Gasteiger partial charge < -0.3 is 15.6 Å². The van der Waals surface area contributed by atoms with Gasteiger partial charge >= 0.3 is 0 Å². The summed E-state index contributed by atoms with van der Waals surface area (Å²) < 4.78 is 0. The van der Waals surface area contributed by atoms with Gasteiger partial charge in [0.2, 0.25) is 5.91 Å². The van der Waals surface area contributed by atoms with Crippen molar-refractivity contribution in [2.24, 2.45) is 5.41 Å². The normalized spacial score (nSPS) is 11.5. The van der Waals surface area contributed by atoms with E-state index in [1.165, 1.54) is 5.56 Å². The lowest BCUT2D eigenvalue weighted by Gasteiger charge is -2.17. The van der Waals surface area contributed by atoms with Crippen molar-refractivity contribution in [3.63, 3.8) is 0 Å².